The van der Waals surface area contributed by atoms with Crippen LogP contribution in [0.25, 0.3) is 6.08 Å². The van der Waals surface area contributed by atoms with E-state index < -0.39 is 6.10 Å². The molecule has 2 aromatic carbocycles. The molecule has 0 amide bonds. The van der Waals surface area contributed by atoms with Gasteiger partial charge in [-0.25, -0.2) is 0 Å². The minimum atomic E-state index is -0.962. The molecule has 0 saturated heterocycles. The average molecular weight is 324 g/mol. The highest BCUT2D eigenvalue weighted by molar-refractivity contribution is 5.83. The lowest BCUT2D eigenvalue weighted by atomic mass is 10.0. The number of aliphatic hydroxyl groups is 1. The van der Waals surface area contributed by atoms with Gasteiger partial charge < -0.3 is 14.6 Å². The molecule has 24 heavy (non-hydrogen) atoms. The highest BCUT2D eigenvalue weighted by atomic mass is 16.5. The third-order valence-corrected chi connectivity index (χ3v) is 4.01. The van der Waals surface area contributed by atoms with Gasteiger partial charge in [-0.1, -0.05) is 30.4 Å². The number of fused-ring (bicyclic) bond motifs is 7. The molecule has 124 valence electrons. The summed E-state index contributed by atoms with van der Waals surface area (Å²) >= 11 is 0. The third-order valence-electron chi connectivity index (χ3n) is 4.01. The second-order valence-electron chi connectivity index (χ2n) is 5.78. The average Bonchev–Trinajstić information content (AvgIpc) is 2.60. The fourth-order valence-corrected chi connectivity index (χ4v) is 2.65. The van der Waals surface area contributed by atoms with Crippen molar-refractivity contribution >= 4 is 11.9 Å². The molecular formula is C20H20O4. The standard InChI is InChI=1S/C20H20O4/c1-23-19-11-8-14-4-2-3-5-17(21)18(22)12-15-6-9-16(10-7-15)24-20(19)13-14/h2,4,6-11,13,18,22H,3,5,12H2,1H3/t18-/m0/s1. The smallest absolute Gasteiger partial charge is 0.169 e. The molecule has 1 N–H and O–H groups in total. The molecule has 0 radical (unpaired) electrons. The molecule has 0 fully saturated rings. The lowest BCUT2D eigenvalue weighted by Gasteiger charge is -2.12. The predicted octanol–water partition coefficient (Wildman–Crippen LogP) is 3.77. The number of carbonyl (C=O) groups is 1. The zero-order chi connectivity index (χ0) is 16.9. The predicted molar refractivity (Wildman–Crippen MR) is 92.5 cm³/mol. The lowest BCUT2D eigenvalue weighted by molar-refractivity contribution is -0.126. The van der Waals surface area contributed by atoms with Crippen molar-refractivity contribution in [3.8, 4) is 17.2 Å². The van der Waals surface area contributed by atoms with Crippen LogP contribution in [0.1, 0.15) is 24.0 Å². The van der Waals surface area contributed by atoms with Crippen molar-refractivity contribution in [3.05, 3.63) is 59.7 Å². The van der Waals surface area contributed by atoms with Crippen LogP contribution in [0.2, 0.25) is 0 Å². The lowest BCUT2D eigenvalue weighted by Crippen LogP contribution is -2.22. The Bertz CT molecular complexity index is 747. The van der Waals surface area contributed by atoms with E-state index in [9.17, 15) is 9.90 Å². The number of rotatable bonds is 1. The van der Waals surface area contributed by atoms with E-state index >= 15 is 0 Å². The van der Waals surface area contributed by atoms with Crippen molar-refractivity contribution in [2.75, 3.05) is 7.11 Å². The van der Waals surface area contributed by atoms with Gasteiger partial charge in [-0.2, -0.15) is 0 Å². The van der Waals surface area contributed by atoms with Crippen molar-refractivity contribution in [3.63, 3.8) is 0 Å². The van der Waals surface area contributed by atoms with Gasteiger partial charge >= 0.3 is 0 Å². The summed E-state index contributed by atoms with van der Waals surface area (Å²) in [4.78, 5) is 12.0. The molecule has 0 aromatic heterocycles. The van der Waals surface area contributed by atoms with Crippen molar-refractivity contribution < 1.29 is 19.4 Å². The molecule has 2 aromatic rings. The van der Waals surface area contributed by atoms with Crippen molar-refractivity contribution in [2.45, 2.75) is 25.4 Å². The Morgan fingerprint density at radius 3 is 2.71 bits per heavy atom. The van der Waals surface area contributed by atoms with E-state index in [-0.39, 0.29) is 5.78 Å². The van der Waals surface area contributed by atoms with E-state index in [1.807, 2.05) is 54.6 Å². The summed E-state index contributed by atoms with van der Waals surface area (Å²) in [6.07, 6.45) is 4.15. The van der Waals surface area contributed by atoms with Crippen molar-refractivity contribution in [1.29, 1.82) is 0 Å². The molecule has 0 unspecified atom stereocenters. The first-order chi connectivity index (χ1) is 11.7. The summed E-state index contributed by atoms with van der Waals surface area (Å²) in [5, 5.41) is 10.0. The number of Topliss-reactive ketones (excluding diaryl/α,β-unsaturated/α-hetero) is 1. The fraction of sp³-hybridized carbons (Fsp3) is 0.250. The second-order valence-corrected chi connectivity index (χ2v) is 5.78. The minimum Gasteiger partial charge on any atom is -0.493 e. The number of ether oxygens (including phenoxy) is 2. The maximum absolute atomic E-state index is 12.0. The van der Waals surface area contributed by atoms with Crippen molar-refractivity contribution in [1.82, 2.24) is 0 Å². The van der Waals surface area contributed by atoms with Gasteiger partial charge in [0, 0.05) is 12.8 Å². The van der Waals surface area contributed by atoms with Gasteiger partial charge in [0.2, 0.25) is 0 Å². The molecule has 0 spiro atoms. The molecule has 4 heteroatoms. The molecule has 4 nitrogen and oxygen atoms in total. The van der Waals surface area contributed by atoms with E-state index in [0.717, 1.165) is 11.1 Å². The number of hydrogen-bond donors (Lipinski definition) is 1. The Labute approximate surface area is 141 Å². The summed E-state index contributed by atoms with van der Waals surface area (Å²) in [7, 11) is 1.61. The summed E-state index contributed by atoms with van der Waals surface area (Å²) in [6, 6.07) is 13.1. The van der Waals surface area contributed by atoms with E-state index in [1.165, 1.54) is 0 Å². The van der Waals surface area contributed by atoms with Gasteiger partial charge in [0.1, 0.15) is 11.9 Å². The summed E-state index contributed by atoms with van der Waals surface area (Å²) in [5.74, 6) is 1.84. The highest BCUT2D eigenvalue weighted by Crippen LogP contribution is 2.33. The van der Waals surface area contributed by atoms with Crippen molar-refractivity contribution in [2.24, 2.45) is 0 Å². The van der Waals surface area contributed by atoms with E-state index in [1.54, 1.807) is 7.11 Å². The molecule has 2 aliphatic heterocycles. The first kappa shape index (κ1) is 16.3. The van der Waals surface area contributed by atoms with Crippen LogP contribution in [-0.2, 0) is 11.2 Å². The van der Waals surface area contributed by atoms with Gasteiger partial charge in [-0.15, -0.1) is 0 Å². The Balaban J connectivity index is 1.97. The molecule has 4 rings (SSSR count). The van der Waals surface area contributed by atoms with Gasteiger partial charge in [0.15, 0.2) is 17.3 Å². The van der Waals surface area contributed by atoms with Crippen LogP contribution in [0.3, 0.4) is 0 Å². The summed E-state index contributed by atoms with van der Waals surface area (Å²) < 4.78 is 11.3. The highest BCUT2D eigenvalue weighted by Gasteiger charge is 2.15. The normalized spacial score (nSPS) is 17.8. The second kappa shape index (κ2) is 7.32. The Morgan fingerprint density at radius 1 is 1.17 bits per heavy atom. The zero-order valence-electron chi connectivity index (χ0n) is 13.6. The minimum absolute atomic E-state index is 0.134. The number of carbonyl (C=O) groups excluding carboxylic acids is 1. The maximum atomic E-state index is 12.0. The molecule has 0 saturated carbocycles. The number of aliphatic hydroxyl groups excluding tert-OH is 1. The monoisotopic (exact) mass is 324 g/mol. The summed E-state index contributed by atoms with van der Waals surface area (Å²) in [5.41, 5.74) is 1.86. The molecular weight excluding hydrogens is 304 g/mol. The topological polar surface area (TPSA) is 55.8 Å². The summed E-state index contributed by atoms with van der Waals surface area (Å²) in [6.45, 7) is 0. The SMILES string of the molecule is COc1ccc2cc1Oc1ccc(cc1)C[C@H](O)C(=O)CCC=C2. The van der Waals surface area contributed by atoms with Crippen LogP contribution < -0.4 is 9.47 Å². The molecule has 4 bridgehead atoms. The molecule has 0 aliphatic carbocycles. The molecule has 2 heterocycles. The Kier molecular flexibility index (Phi) is 4.96. The van der Waals surface area contributed by atoms with E-state index in [2.05, 4.69) is 0 Å². The Hall–Kier alpha value is -2.59. The van der Waals surface area contributed by atoms with Crippen LogP contribution in [0, 0.1) is 0 Å². The number of allylic oxidation sites excluding steroid dienone is 1. The number of methoxy groups -OCH3 is 1. The van der Waals surface area contributed by atoms with Crippen LogP contribution >= 0.6 is 0 Å². The van der Waals surface area contributed by atoms with Crippen LogP contribution in [0.15, 0.2) is 48.5 Å². The maximum Gasteiger partial charge on any atom is 0.169 e. The van der Waals surface area contributed by atoms with Crippen LogP contribution in [0.4, 0.5) is 0 Å². The number of benzene rings is 2. The quantitative estimate of drug-likeness (QED) is 0.867. The van der Waals surface area contributed by atoms with Crippen LogP contribution in [-0.4, -0.2) is 24.1 Å². The zero-order valence-corrected chi connectivity index (χ0v) is 13.6. The molecule has 1 atom stereocenters. The number of ketones is 1. The first-order valence-electron chi connectivity index (χ1n) is 7.98. The van der Waals surface area contributed by atoms with Gasteiger partial charge in [0.25, 0.3) is 0 Å². The largest absolute Gasteiger partial charge is 0.493 e. The van der Waals surface area contributed by atoms with Gasteiger partial charge in [-0.3, -0.25) is 4.79 Å². The van der Waals surface area contributed by atoms with Crippen LogP contribution in [0.5, 0.6) is 17.2 Å². The fourth-order valence-electron chi connectivity index (χ4n) is 2.65. The third kappa shape index (κ3) is 3.84. The van der Waals surface area contributed by atoms with Gasteiger partial charge in [-0.05, 0) is 41.8 Å². The number of hydrogen-bond acceptors (Lipinski definition) is 4. The first-order valence-corrected chi connectivity index (χ1v) is 7.98. The molecule has 2 aliphatic rings. The van der Waals surface area contributed by atoms with E-state index in [4.69, 9.17) is 9.47 Å². The van der Waals surface area contributed by atoms with Gasteiger partial charge in [0.05, 0.1) is 7.11 Å². The Morgan fingerprint density at radius 2 is 1.96 bits per heavy atom. The van der Waals surface area contributed by atoms with E-state index in [0.29, 0.717) is 36.5 Å².